The van der Waals surface area contributed by atoms with Gasteiger partial charge in [0, 0.05) is 30.7 Å². The first-order chi connectivity index (χ1) is 16.7. The van der Waals surface area contributed by atoms with Crippen molar-refractivity contribution in [2.24, 2.45) is 0 Å². The zero-order valence-corrected chi connectivity index (χ0v) is 19.5. The van der Waals surface area contributed by atoms with E-state index in [1.54, 1.807) is 13.0 Å². The van der Waals surface area contributed by atoms with E-state index in [-0.39, 0.29) is 43.9 Å². The molecule has 2 aromatic rings. The Morgan fingerprint density at radius 3 is 2.71 bits per heavy atom. The van der Waals surface area contributed by atoms with Gasteiger partial charge >= 0.3 is 0 Å². The predicted molar refractivity (Wildman–Crippen MR) is 120 cm³/mol. The number of amides is 1. The molecule has 1 saturated heterocycles. The van der Waals surface area contributed by atoms with Gasteiger partial charge in [0.05, 0.1) is 18.2 Å². The van der Waals surface area contributed by atoms with Crippen molar-refractivity contribution in [3.63, 3.8) is 0 Å². The Morgan fingerprint density at radius 2 is 2.03 bits per heavy atom. The molecule has 1 aromatic carbocycles. The molecule has 2 N–H and O–H groups in total. The van der Waals surface area contributed by atoms with Crippen molar-refractivity contribution in [2.75, 3.05) is 11.9 Å². The summed E-state index contributed by atoms with van der Waals surface area (Å²) >= 11 is 0. The number of carbonyl (C=O) groups excluding carboxylic acids is 1. The monoisotopic (exact) mass is 492 g/mol. The van der Waals surface area contributed by atoms with Crippen LogP contribution in [0.25, 0.3) is 0 Å². The Labute approximate surface area is 200 Å². The number of nitrogens with zero attached hydrogens (tertiary/aromatic N) is 2. The molecule has 3 aliphatic rings. The molecule has 5 rings (SSSR count). The molecule has 188 valence electrons. The zero-order valence-electron chi connectivity index (χ0n) is 19.5. The molecule has 0 bridgehead atoms. The summed E-state index contributed by atoms with van der Waals surface area (Å²) < 4.78 is 60.9. The topological polar surface area (TPSA) is 76.1 Å². The van der Waals surface area contributed by atoms with Crippen LogP contribution >= 0.6 is 0 Å². The number of rotatable bonds is 8. The van der Waals surface area contributed by atoms with Crippen LogP contribution in [0.4, 0.5) is 23.4 Å². The molecule has 1 amide bonds. The van der Waals surface area contributed by atoms with Crippen LogP contribution in [-0.4, -0.2) is 34.4 Å². The van der Waals surface area contributed by atoms with Gasteiger partial charge in [-0.25, -0.2) is 27.5 Å². The first kappa shape index (κ1) is 24.0. The average molecular weight is 493 g/mol. The number of aryl methyl sites for hydroxylation is 1. The minimum Gasteiger partial charge on any atom is -0.373 e. The van der Waals surface area contributed by atoms with Gasteiger partial charge in [-0.2, -0.15) is 0 Å². The number of fused-ring (bicyclic) bond motifs is 1. The SMILES string of the molecule is Cc1nc(CC(=O)NC2(C(F)F)CC2)c(C2CCCO2)c(NCc2cccc3c2CCC3(F)F)n1. The third kappa shape index (κ3) is 4.72. The van der Waals surface area contributed by atoms with Crippen molar-refractivity contribution in [3.05, 3.63) is 52.0 Å². The quantitative estimate of drug-likeness (QED) is 0.521. The van der Waals surface area contributed by atoms with Gasteiger partial charge < -0.3 is 15.4 Å². The van der Waals surface area contributed by atoms with Gasteiger partial charge in [0.2, 0.25) is 5.91 Å². The summed E-state index contributed by atoms with van der Waals surface area (Å²) in [6.07, 6.45) is -0.968. The summed E-state index contributed by atoms with van der Waals surface area (Å²) in [5.74, 6) is -2.45. The van der Waals surface area contributed by atoms with Gasteiger partial charge in [-0.15, -0.1) is 0 Å². The van der Waals surface area contributed by atoms with Gasteiger partial charge in [0.1, 0.15) is 17.2 Å². The van der Waals surface area contributed by atoms with E-state index in [0.717, 1.165) is 12.0 Å². The van der Waals surface area contributed by atoms with Gasteiger partial charge in [-0.3, -0.25) is 4.79 Å². The molecular formula is C25H28F4N4O2. The minimum absolute atomic E-state index is 0.0698. The fraction of sp³-hybridized carbons (Fsp3) is 0.560. The number of halogens is 4. The molecule has 0 spiro atoms. The van der Waals surface area contributed by atoms with Crippen LogP contribution < -0.4 is 10.6 Å². The van der Waals surface area contributed by atoms with Gasteiger partial charge in [-0.05, 0) is 50.2 Å². The number of alkyl halides is 4. The summed E-state index contributed by atoms with van der Waals surface area (Å²) in [6, 6.07) is 4.93. The molecule has 10 heteroatoms. The van der Waals surface area contributed by atoms with Crippen LogP contribution in [0.1, 0.15) is 72.0 Å². The molecule has 35 heavy (non-hydrogen) atoms. The number of hydrogen-bond donors (Lipinski definition) is 2. The van der Waals surface area contributed by atoms with Gasteiger partial charge in [0.15, 0.2) is 0 Å². The maximum absolute atomic E-state index is 14.2. The maximum atomic E-state index is 14.2. The Kier molecular flexibility index (Phi) is 6.19. The van der Waals surface area contributed by atoms with Gasteiger partial charge in [0.25, 0.3) is 12.3 Å². The molecule has 1 unspecified atom stereocenters. The Balaban J connectivity index is 1.41. The largest absolute Gasteiger partial charge is 0.373 e. The van der Waals surface area contributed by atoms with E-state index in [9.17, 15) is 22.4 Å². The van der Waals surface area contributed by atoms with Gasteiger partial charge in [-0.1, -0.05) is 18.2 Å². The lowest BCUT2D eigenvalue weighted by atomic mass is 10.0. The highest BCUT2D eigenvalue weighted by Crippen LogP contribution is 2.43. The van der Waals surface area contributed by atoms with E-state index in [4.69, 9.17) is 4.74 Å². The van der Waals surface area contributed by atoms with E-state index in [2.05, 4.69) is 20.6 Å². The number of aromatic nitrogens is 2. The highest BCUT2D eigenvalue weighted by Gasteiger charge is 2.52. The lowest BCUT2D eigenvalue weighted by molar-refractivity contribution is -0.122. The lowest BCUT2D eigenvalue weighted by Crippen LogP contribution is -2.43. The summed E-state index contributed by atoms with van der Waals surface area (Å²) in [6.45, 7) is 2.52. The predicted octanol–water partition coefficient (Wildman–Crippen LogP) is 4.74. The summed E-state index contributed by atoms with van der Waals surface area (Å²) in [5, 5.41) is 5.75. The molecule has 2 heterocycles. The summed E-state index contributed by atoms with van der Waals surface area (Å²) in [7, 11) is 0. The Morgan fingerprint density at radius 1 is 1.23 bits per heavy atom. The van der Waals surface area contributed by atoms with E-state index in [1.165, 1.54) is 6.07 Å². The standard InChI is InChI=1S/C25H28F4N4O2/c1-14-31-18(12-20(34)33-24(9-10-24)23(26)27)21(19-6-3-11-35-19)22(32-14)30-13-15-4-2-5-17-16(15)7-8-25(17,28)29/h2,4-5,19,23H,3,6-13H2,1H3,(H,33,34)(H,30,31,32). The van der Waals surface area contributed by atoms with E-state index in [0.29, 0.717) is 47.9 Å². The highest BCUT2D eigenvalue weighted by atomic mass is 19.3. The molecule has 6 nitrogen and oxygen atoms in total. The number of anilines is 1. The summed E-state index contributed by atoms with van der Waals surface area (Å²) in [5.41, 5.74) is 1.11. The smallest absolute Gasteiger partial charge is 0.273 e. The van der Waals surface area contributed by atoms with Crippen LogP contribution in [0.2, 0.25) is 0 Å². The molecule has 2 aliphatic carbocycles. The van der Waals surface area contributed by atoms with Crippen molar-refractivity contribution >= 4 is 11.7 Å². The first-order valence-electron chi connectivity index (χ1n) is 12.0. The van der Waals surface area contributed by atoms with Crippen molar-refractivity contribution in [1.82, 2.24) is 15.3 Å². The van der Waals surface area contributed by atoms with Crippen LogP contribution in [0, 0.1) is 6.92 Å². The fourth-order valence-corrected chi connectivity index (χ4v) is 5.09. The molecule has 1 saturated carbocycles. The first-order valence-corrected chi connectivity index (χ1v) is 12.0. The summed E-state index contributed by atoms with van der Waals surface area (Å²) in [4.78, 5) is 21.7. The van der Waals surface area contributed by atoms with Crippen molar-refractivity contribution in [3.8, 4) is 0 Å². The fourth-order valence-electron chi connectivity index (χ4n) is 5.09. The molecule has 2 fully saturated rings. The van der Waals surface area contributed by atoms with Crippen LogP contribution in [0.15, 0.2) is 18.2 Å². The minimum atomic E-state index is -2.82. The number of ether oxygens (including phenoxy) is 1. The van der Waals surface area contributed by atoms with Crippen molar-refractivity contribution < 1.29 is 27.1 Å². The second-order valence-corrected chi connectivity index (χ2v) is 9.66. The second kappa shape index (κ2) is 9.04. The van der Waals surface area contributed by atoms with Crippen molar-refractivity contribution in [1.29, 1.82) is 0 Å². The maximum Gasteiger partial charge on any atom is 0.273 e. The molecular weight excluding hydrogens is 464 g/mol. The Hall–Kier alpha value is -2.75. The van der Waals surface area contributed by atoms with Crippen LogP contribution in [0.5, 0.6) is 0 Å². The molecule has 0 radical (unpaired) electrons. The average Bonchev–Trinajstić information content (AvgIpc) is 3.24. The van der Waals surface area contributed by atoms with Crippen molar-refractivity contribution in [2.45, 2.75) is 82.4 Å². The van der Waals surface area contributed by atoms with E-state index < -0.39 is 23.8 Å². The third-order valence-corrected chi connectivity index (χ3v) is 7.11. The molecule has 1 aliphatic heterocycles. The molecule has 1 aromatic heterocycles. The molecule has 1 atom stereocenters. The van der Waals surface area contributed by atoms with Crippen LogP contribution in [-0.2, 0) is 34.8 Å². The normalized spacial score (nSPS) is 21.7. The van der Waals surface area contributed by atoms with E-state index in [1.807, 2.05) is 6.07 Å². The Bertz CT molecular complexity index is 1130. The zero-order chi connectivity index (χ0) is 24.8. The van der Waals surface area contributed by atoms with Crippen LogP contribution in [0.3, 0.4) is 0 Å². The highest BCUT2D eigenvalue weighted by molar-refractivity contribution is 5.80. The lowest BCUT2D eigenvalue weighted by Gasteiger charge is -2.21. The second-order valence-electron chi connectivity index (χ2n) is 9.66. The number of hydrogen-bond acceptors (Lipinski definition) is 5. The third-order valence-electron chi connectivity index (χ3n) is 7.11. The number of benzene rings is 1. The van der Waals surface area contributed by atoms with E-state index >= 15 is 0 Å². The number of nitrogens with one attached hydrogen (secondary N) is 2. The number of carbonyl (C=O) groups is 1.